The first kappa shape index (κ1) is 10.9. The highest BCUT2D eigenvalue weighted by Crippen LogP contribution is 2.53. The van der Waals surface area contributed by atoms with Crippen molar-refractivity contribution >= 4 is 12.0 Å². The third-order valence-electron chi connectivity index (χ3n) is 2.58. The van der Waals surface area contributed by atoms with Gasteiger partial charge in [0.05, 0.1) is 0 Å². The molecule has 0 amide bonds. The topological polar surface area (TPSA) is 29.3 Å². The maximum absolute atomic E-state index is 13.0. The first-order chi connectivity index (χ1) is 7.60. The molecular formula is C11H13F2N3. The van der Waals surface area contributed by atoms with Crippen LogP contribution in [0.25, 0.3) is 0 Å². The average molecular weight is 225 g/mol. The summed E-state index contributed by atoms with van der Waals surface area (Å²) >= 11 is 0. The van der Waals surface area contributed by atoms with Gasteiger partial charge in [-0.25, -0.2) is 8.78 Å². The van der Waals surface area contributed by atoms with Crippen LogP contribution in [-0.4, -0.2) is 23.8 Å². The molecule has 3 nitrogen and oxygen atoms in total. The summed E-state index contributed by atoms with van der Waals surface area (Å²) in [5, 5.41) is 2.87. The molecule has 1 aromatic heterocycles. The van der Waals surface area contributed by atoms with Gasteiger partial charge in [-0.3, -0.25) is 4.99 Å². The second-order valence-corrected chi connectivity index (χ2v) is 3.74. The van der Waals surface area contributed by atoms with Crippen molar-refractivity contribution in [2.75, 3.05) is 12.4 Å². The van der Waals surface area contributed by atoms with Crippen LogP contribution >= 0.6 is 0 Å². The number of nitrogens with one attached hydrogen (secondary N) is 1. The van der Waals surface area contributed by atoms with Gasteiger partial charge >= 0.3 is 0 Å². The normalized spacial score (nSPS) is 22.3. The van der Waals surface area contributed by atoms with Crippen molar-refractivity contribution < 1.29 is 8.78 Å². The molecule has 0 aliphatic heterocycles. The predicted octanol–water partition coefficient (Wildman–Crippen LogP) is 2.67. The molecule has 0 bridgehead atoms. The van der Waals surface area contributed by atoms with E-state index >= 15 is 0 Å². The SMILES string of the molecule is C=CNc1c(C=NC)ccn1C1CC1(F)F. The molecule has 2 rings (SSSR count). The molecule has 1 heterocycles. The van der Waals surface area contributed by atoms with Crippen molar-refractivity contribution in [2.45, 2.75) is 18.4 Å². The summed E-state index contributed by atoms with van der Waals surface area (Å²) in [6.45, 7) is 3.54. The van der Waals surface area contributed by atoms with E-state index in [0.717, 1.165) is 5.56 Å². The van der Waals surface area contributed by atoms with Crippen molar-refractivity contribution in [1.29, 1.82) is 0 Å². The van der Waals surface area contributed by atoms with Gasteiger partial charge in [0.1, 0.15) is 11.9 Å². The Morgan fingerprint density at radius 1 is 1.69 bits per heavy atom. The lowest BCUT2D eigenvalue weighted by Crippen LogP contribution is -2.05. The average Bonchev–Trinajstić information content (AvgIpc) is 2.68. The summed E-state index contributed by atoms with van der Waals surface area (Å²) in [4.78, 5) is 3.88. The zero-order valence-electron chi connectivity index (χ0n) is 8.95. The number of alkyl halides is 2. The van der Waals surface area contributed by atoms with E-state index in [1.807, 2.05) is 0 Å². The van der Waals surface area contributed by atoms with Crippen molar-refractivity contribution in [3.63, 3.8) is 0 Å². The summed E-state index contributed by atoms with van der Waals surface area (Å²) < 4.78 is 27.5. The van der Waals surface area contributed by atoms with Crippen LogP contribution < -0.4 is 5.32 Å². The zero-order valence-corrected chi connectivity index (χ0v) is 8.95. The highest BCUT2D eigenvalue weighted by atomic mass is 19.3. The monoisotopic (exact) mass is 225 g/mol. The van der Waals surface area contributed by atoms with Crippen LogP contribution in [0.3, 0.4) is 0 Å². The molecule has 0 spiro atoms. The second-order valence-electron chi connectivity index (χ2n) is 3.74. The van der Waals surface area contributed by atoms with E-state index in [2.05, 4.69) is 16.9 Å². The van der Waals surface area contributed by atoms with E-state index in [9.17, 15) is 8.78 Å². The minimum Gasteiger partial charge on any atom is -0.348 e. The molecule has 16 heavy (non-hydrogen) atoms. The molecule has 1 fully saturated rings. The number of nitrogens with zero attached hydrogens (tertiary/aromatic N) is 2. The lowest BCUT2D eigenvalue weighted by atomic mass is 10.3. The van der Waals surface area contributed by atoms with Crippen LogP contribution in [0.4, 0.5) is 14.6 Å². The van der Waals surface area contributed by atoms with E-state index in [-0.39, 0.29) is 6.42 Å². The number of hydrogen-bond acceptors (Lipinski definition) is 2. The minimum absolute atomic E-state index is 0.101. The van der Waals surface area contributed by atoms with Crippen molar-refractivity contribution in [1.82, 2.24) is 4.57 Å². The van der Waals surface area contributed by atoms with Gasteiger partial charge in [-0.05, 0) is 12.3 Å². The lowest BCUT2D eigenvalue weighted by molar-refractivity contribution is 0.101. The summed E-state index contributed by atoms with van der Waals surface area (Å²) in [7, 11) is 1.64. The third-order valence-corrected chi connectivity index (χ3v) is 2.58. The fourth-order valence-electron chi connectivity index (χ4n) is 1.72. The first-order valence-corrected chi connectivity index (χ1v) is 4.98. The van der Waals surface area contributed by atoms with E-state index in [1.54, 1.807) is 30.1 Å². The Morgan fingerprint density at radius 3 is 2.88 bits per heavy atom. The standard InChI is InChI=1S/C11H13F2N3/c1-3-15-10-8(7-14-2)4-5-16(10)9-6-11(9,12)13/h3-5,7,9,15H,1,6H2,2H3. The Labute approximate surface area is 92.5 Å². The van der Waals surface area contributed by atoms with Crippen molar-refractivity contribution in [3.05, 3.63) is 30.6 Å². The fourth-order valence-corrected chi connectivity index (χ4v) is 1.72. The second kappa shape index (κ2) is 3.73. The van der Waals surface area contributed by atoms with Crippen LogP contribution in [-0.2, 0) is 0 Å². The van der Waals surface area contributed by atoms with E-state index in [1.165, 1.54) is 6.20 Å². The van der Waals surface area contributed by atoms with Gasteiger partial charge in [0.25, 0.3) is 5.92 Å². The molecule has 1 aromatic rings. The summed E-state index contributed by atoms with van der Waals surface area (Å²) in [6.07, 6.45) is 4.65. The number of aromatic nitrogens is 1. The van der Waals surface area contributed by atoms with Crippen LogP contribution in [0.1, 0.15) is 18.0 Å². The van der Waals surface area contributed by atoms with Crippen LogP contribution in [0.2, 0.25) is 0 Å². The quantitative estimate of drug-likeness (QED) is 0.784. The summed E-state index contributed by atoms with van der Waals surface area (Å²) in [5.74, 6) is -1.97. The van der Waals surface area contributed by atoms with Crippen molar-refractivity contribution in [3.8, 4) is 0 Å². The van der Waals surface area contributed by atoms with Gasteiger partial charge in [0.2, 0.25) is 0 Å². The zero-order chi connectivity index (χ0) is 11.8. The Kier molecular flexibility index (Phi) is 2.53. The van der Waals surface area contributed by atoms with Gasteiger partial charge in [-0.1, -0.05) is 6.58 Å². The number of hydrogen-bond donors (Lipinski definition) is 1. The number of anilines is 1. The molecule has 1 unspecified atom stereocenters. The Hall–Kier alpha value is -1.65. The van der Waals surface area contributed by atoms with Gasteiger partial charge in [0.15, 0.2) is 0 Å². The van der Waals surface area contributed by atoms with E-state index in [0.29, 0.717) is 5.82 Å². The fraction of sp³-hybridized carbons (Fsp3) is 0.364. The van der Waals surface area contributed by atoms with Gasteiger partial charge in [0, 0.05) is 31.4 Å². The molecule has 0 saturated heterocycles. The highest BCUT2D eigenvalue weighted by Gasteiger charge is 2.58. The largest absolute Gasteiger partial charge is 0.348 e. The molecule has 86 valence electrons. The summed E-state index contributed by atoms with van der Waals surface area (Å²) in [6, 6.07) is 1.02. The molecule has 0 aromatic carbocycles. The Balaban J connectivity index is 2.35. The summed E-state index contributed by atoms with van der Waals surface area (Å²) in [5.41, 5.74) is 0.783. The molecule has 0 radical (unpaired) electrons. The first-order valence-electron chi connectivity index (χ1n) is 4.98. The minimum atomic E-state index is -2.59. The van der Waals surface area contributed by atoms with Gasteiger partial charge < -0.3 is 9.88 Å². The highest BCUT2D eigenvalue weighted by molar-refractivity contribution is 5.87. The van der Waals surface area contributed by atoms with Gasteiger partial charge in [-0.15, -0.1) is 0 Å². The maximum Gasteiger partial charge on any atom is 0.270 e. The molecule has 5 heteroatoms. The van der Waals surface area contributed by atoms with Crippen molar-refractivity contribution in [2.24, 2.45) is 4.99 Å². The van der Waals surface area contributed by atoms with Crippen LogP contribution in [0.15, 0.2) is 30.0 Å². The van der Waals surface area contributed by atoms with E-state index in [4.69, 9.17) is 0 Å². The number of aliphatic imine (C=N–C) groups is 1. The molecule has 1 aliphatic carbocycles. The van der Waals surface area contributed by atoms with Gasteiger partial charge in [-0.2, -0.15) is 0 Å². The Bertz CT molecular complexity index is 434. The molecular weight excluding hydrogens is 212 g/mol. The molecule has 1 aliphatic rings. The molecule has 1 saturated carbocycles. The molecule has 1 atom stereocenters. The third kappa shape index (κ3) is 1.73. The lowest BCUT2D eigenvalue weighted by Gasteiger charge is -2.08. The molecule has 1 N–H and O–H groups in total. The Morgan fingerprint density at radius 2 is 2.38 bits per heavy atom. The predicted molar refractivity (Wildman–Crippen MR) is 60.4 cm³/mol. The maximum atomic E-state index is 13.0. The smallest absolute Gasteiger partial charge is 0.270 e. The van der Waals surface area contributed by atoms with E-state index < -0.39 is 12.0 Å². The van der Waals surface area contributed by atoms with Crippen LogP contribution in [0, 0.1) is 0 Å². The number of halogens is 2. The number of rotatable bonds is 4. The van der Waals surface area contributed by atoms with Crippen LogP contribution in [0.5, 0.6) is 0 Å².